The van der Waals surface area contributed by atoms with E-state index in [-0.39, 0.29) is 11.9 Å². The van der Waals surface area contributed by atoms with Crippen LogP contribution in [-0.2, 0) is 0 Å². The fourth-order valence-corrected chi connectivity index (χ4v) is 3.90. The van der Waals surface area contributed by atoms with Crippen LogP contribution in [0.25, 0.3) is 0 Å². The van der Waals surface area contributed by atoms with E-state index in [0.29, 0.717) is 15.1 Å². The van der Waals surface area contributed by atoms with E-state index in [4.69, 9.17) is 11.6 Å². The first-order chi connectivity index (χ1) is 9.52. The van der Waals surface area contributed by atoms with Gasteiger partial charge in [-0.3, -0.25) is 0 Å². The lowest BCUT2D eigenvalue weighted by Crippen LogP contribution is -2.23. The van der Waals surface area contributed by atoms with Crippen LogP contribution in [-0.4, -0.2) is 6.54 Å². The molecule has 0 saturated carbocycles. The molecular weight excluding hydrogens is 428 g/mol. The first-order valence-electron chi connectivity index (χ1n) is 6.16. The molecule has 6 heteroatoms. The molecule has 1 N–H and O–H groups in total. The van der Waals surface area contributed by atoms with Crippen LogP contribution in [0.3, 0.4) is 0 Å². The first-order valence-corrected chi connectivity index (χ1v) is 8.94. The second-order valence-electron chi connectivity index (χ2n) is 4.32. The van der Waals surface area contributed by atoms with Gasteiger partial charge in [0, 0.05) is 14.9 Å². The van der Waals surface area contributed by atoms with E-state index in [0.717, 1.165) is 21.6 Å². The van der Waals surface area contributed by atoms with E-state index in [1.54, 1.807) is 17.4 Å². The fraction of sp³-hybridized carbons (Fsp3) is 0.286. The standard InChI is InChI=1S/C14H13Br2ClFNS/c1-2-5-19-14(12-3-4-13(16)20-12)8-6-10(17)9(15)7-11(8)18/h3-4,6-7,14,19H,2,5H2,1H3. The Morgan fingerprint density at radius 2 is 2.10 bits per heavy atom. The highest BCUT2D eigenvalue weighted by Crippen LogP contribution is 2.35. The second-order valence-corrected chi connectivity index (χ2v) is 8.07. The summed E-state index contributed by atoms with van der Waals surface area (Å²) in [6, 6.07) is 6.89. The van der Waals surface area contributed by atoms with Crippen molar-refractivity contribution in [3.05, 3.63) is 53.8 Å². The number of benzene rings is 1. The van der Waals surface area contributed by atoms with Crippen LogP contribution in [0.15, 0.2) is 32.5 Å². The van der Waals surface area contributed by atoms with Gasteiger partial charge in [0.25, 0.3) is 0 Å². The predicted octanol–water partition coefficient (Wildman–Crippen LogP) is 6.15. The highest BCUT2D eigenvalue weighted by molar-refractivity contribution is 9.11. The summed E-state index contributed by atoms with van der Waals surface area (Å²) in [5, 5.41) is 3.89. The molecule has 0 bridgehead atoms. The average molecular weight is 442 g/mol. The molecule has 0 radical (unpaired) electrons. The van der Waals surface area contributed by atoms with Crippen molar-refractivity contribution in [1.29, 1.82) is 0 Å². The molecule has 1 heterocycles. The van der Waals surface area contributed by atoms with Gasteiger partial charge in [0.1, 0.15) is 5.82 Å². The van der Waals surface area contributed by atoms with Crippen molar-refractivity contribution in [1.82, 2.24) is 5.32 Å². The molecule has 2 aromatic rings. The zero-order valence-electron chi connectivity index (χ0n) is 10.7. The Kier molecular flexibility index (Phi) is 6.05. The highest BCUT2D eigenvalue weighted by Gasteiger charge is 2.20. The topological polar surface area (TPSA) is 12.0 Å². The van der Waals surface area contributed by atoms with Gasteiger partial charge < -0.3 is 5.32 Å². The third kappa shape index (κ3) is 3.83. The van der Waals surface area contributed by atoms with E-state index >= 15 is 0 Å². The maximum Gasteiger partial charge on any atom is 0.129 e. The van der Waals surface area contributed by atoms with E-state index in [2.05, 4.69) is 44.1 Å². The van der Waals surface area contributed by atoms with Crippen molar-refractivity contribution in [3.63, 3.8) is 0 Å². The first kappa shape index (κ1) is 16.4. The lowest BCUT2D eigenvalue weighted by atomic mass is 10.0. The third-order valence-corrected chi connectivity index (χ3v) is 5.71. The van der Waals surface area contributed by atoms with Gasteiger partial charge in [-0.05, 0) is 69.1 Å². The van der Waals surface area contributed by atoms with Gasteiger partial charge in [0.05, 0.1) is 14.9 Å². The summed E-state index contributed by atoms with van der Waals surface area (Å²) in [6.45, 7) is 2.90. The van der Waals surface area contributed by atoms with E-state index in [1.165, 1.54) is 6.07 Å². The Hall–Kier alpha value is 0.0600. The summed E-state index contributed by atoms with van der Waals surface area (Å²) in [4.78, 5) is 1.06. The van der Waals surface area contributed by atoms with Crippen LogP contribution in [0.4, 0.5) is 4.39 Å². The lowest BCUT2D eigenvalue weighted by Gasteiger charge is -2.19. The quantitative estimate of drug-likeness (QED) is 0.549. The smallest absolute Gasteiger partial charge is 0.129 e. The van der Waals surface area contributed by atoms with Crippen LogP contribution in [0, 0.1) is 5.82 Å². The minimum absolute atomic E-state index is 0.183. The predicted molar refractivity (Wildman–Crippen MR) is 91.3 cm³/mol. The van der Waals surface area contributed by atoms with Gasteiger partial charge in [0.15, 0.2) is 0 Å². The summed E-state index contributed by atoms with van der Waals surface area (Å²) in [5.41, 5.74) is 0.570. The molecule has 0 fully saturated rings. The highest BCUT2D eigenvalue weighted by atomic mass is 79.9. The summed E-state index contributed by atoms with van der Waals surface area (Å²) in [7, 11) is 0. The van der Waals surface area contributed by atoms with Crippen molar-refractivity contribution in [2.45, 2.75) is 19.4 Å². The van der Waals surface area contributed by atoms with Gasteiger partial charge in [-0.15, -0.1) is 11.3 Å². The molecule has 0 saturated heterocycles. The number of hydrogen-bond acceptors (Lipinski definition) is 2. The fourth-order valence-electron chi connectivity index (χ4n) is 1.90. The normalized spacial score (nSPS) is 12.7. The van der Waals surface area contributed by atoms with Crippen molar-refractivity contribution < 1.29 is 4.39 Å². The number of nitrogens with one attached hydrogen (secondary N) is 1. The maximum absolute atomic E-state index is 14.3. The average Bonchev–Trinajstić information content (AvgIpc) is 2.82. The molecule has 2 rings (SSSR count). The van der Waals surface area contributed by atoms with Crippen LogP contribution < -0.4 is 5.32 Å². The number of hydrogen-bond donors (Lipinski definition) is 1. The molecule has 1 aromatic carbocycles. The summed E-state index contributed by atoms with van der Waals surface area (Å²) >= 11 is 14.4. The second kappa shape index (κ2) is 7.36. The molecule has 1 unspecified atom stereocenters. The van der Waals surface area contributed by atoms with Gasteiger partial charge >= 0.3 is 0 Å². The van der Waals surface area contributed by atoms with Crippen molar-refractivity contribution in [2.24, 2.45) is 0 Å². The monoisotopic (exact) mass is 439 g/mol. The van der Waals surface area contributed by atoms with Crippen LogP contribution >= 0.6 is 54.8 Å². The SMILES string of the molecule is CCCNC(c1ccc(Br)s1)c1cc(Cl)c(Br)cc1F. The van der Waals surface area contributed by atoms with Gasteiger partial charge in [0.2, 0.25) is 0 Å². The van der Waals surface area contributed by atoms with Gasteiger partial charge in [-0.2, -0.15) is 0 Å². The Morgan fingerprint density at radius 3 is 2.70 bits per heavy atom. The molecule has 108 valence electrons. The summed E-state index contributed by atoms with van der Waals surface area (Å²) in [5.74, 6) is -0.264. The van der Waals surface area contributed by atoms with Crippen molar-refractivity contribution in [2.75, 3.05) is 6.54 Å². The molecule has 1 nitrogen and oxygen atoms in total. The summed E-state index contributed by atoms with van der Waals surface area (Å²) in [6.07, 6.45) is 0.981. The van der Waals surface area contributed by atoms with Crippen LogP contribution in [0.5, 0.6) is 0 Å². The third-order valence-electron chi connectivity index (χ3n) is 2.83. The Morgan fingerprint density at radius 1 is 1.35 bits per heavy atom. The Balaban J connectivity index is 2.43. The molecular formula is C14H13Br2ClFNS. The molecule has 0 aliphatic carbocycles. The molecule has 0 spiro atoms. The molecule has 1 atom stereocenters. The number of halogens is 4. The zero-order chi connectivity index (χ0) is 14.7. The largest absolute Gasteiger partial charge is 0.306 e. The zero-order valence-corrected chi connectivity index (χ0v) is 15.5. The van der Waals surface area contributed by atoms with Gasteiger partial charge in [-0.1, -0.05) is 18.5 Å². The Bertz CT molecular complexity index is 603. The maximum atomic E-state index is 14.3. The molecule has 0 amide bonds. The van der Waals surface area contributed by atoms with E-state index < -0.39 is 0 Å². The van der Waals surface area contributed by atoms with Gasteiger partial charge in [-0.25, -0.2) is 4.39 Å². The van der Waals surface area contributed by atoms with Crippen molar-refractivity contribution in [3.8, 4) is 0 Å². The summed E-state index contributed by atoms with van der Waals surface area (Å²) < 4.78 is 15.9. The van der Waals surface area contributed by atoms with Crippen LogP contribution in [0.2, 0.25) is 5.02 Å². The number of thiophene rings is 1. The molecule has 20 heavy (non-hydrogen) atoms. The minimum Gasteiger partial charge on any atom is -0.306 e. The molecule has 0 aliphatic heterocycles. The number of rotatable bonds is 5. The van der Waals surface area contributed by atoms with Crippen LogP contribution in [0.1, 0.15) is 29.8 Å². The molecule has 1 aromatic heterocycles. The van der Waals surface area contributed by atoms with Crippen molar-refractivity contribution >= 4 is 54.8 Å². The van der Waals surface area contributed by atoms with E-state index in [1.807, 2.05) is 12.1 Å². The minimum atomic E-state index is -0.264. The lowest BCUT2D eigenvalue weighted by molar-refractivity contribution is 0.550. The Labute approximate surface area is 143 Å². The molecule has 0 aliphatic rings. The van der Waals surface area contributed by atoms with E-state index in [9.17, 15) is 4.39 Å².